The highest BCUT2D eigenvalue weighted by atomic mass is 32.2. The highest BCUT2D eigenvalue weighted by molar-refractivity contribution is 7.89. The molecule has 166 valence electrons. The van der Waals surface area contributed by atoms with Crippen molar-refractivity contribution in [3.63, 3.8) is 0 Å². The van der Waals surface area contributed by atoms with Gasteiger partial charge < -0.3 is 15.1 Å². The Kier molecular flexibility index (Phi) is 7.42. The molecule has 0 unspecified atom stereocenters. The summed E-state index contributed by atoms with van der Waals surface area (Å²) in [5.74, 6) is -0.613. The minimum Gasteiger partial charge on any atom is -0.332 e. The Bertz CT molecular complexity index is 1000. The normalized spacial score (nSPS) is 15.4. The molecule has 0 spiro atoms. The number of benzene rings is 2. The van der Waals surface area contributed by atoms with Crippen molar-refractivity contribution in [2.45, 2.75) is 11.8 Å². The molecule has 3 rings (SSSR count). The molecule has 1 aliphatic rings. The third-order valence-electron chi connectivity index (χ3n) is 5.30. The van der Waals surface area contributed by atoms with E-state index < -0.39 is 10.0 Å². The molecule has 2 amide bonds. The lowest BCUT2D eigenvalue weighted by molar-refractivity contribution is -0.116. The number of amides is 2. The molecule has 31 heavy (non-hydrogen) atoms. The van der Waals surface area contributed by atoms with Gasteiger partial charge >= 0.3 is 0 Å². The van der Waals surface area contributed by atoms with Crippen LogP contribution in [0.5, 0.6) is 0 Å². The van der Waals surface area contributed by atoms with E-state index in [1.165, 1.54) is 21.3 Å². The third kappa shape index (κ3) is 5.69. The van der Waals surface area contributed by atoms with Gasteiger partial charge in [0, 0.05) is 44.5 Å². The van der Waals surface area contributed by atoms with E-state index in [0.29, 0.717) is 24.3 Å². The van der Waals surface area contributed by atoms with E-state index in [0.717, 1.165) is 19.6 Å². The van der Waals surface area contributed by atoms with Crippen molar-refractivity contribution in [2.24, 2.45) is 0 Å². The van der Waals surface area contributed by atoms with E-state index >= 15 is 0 Å². The molecule has 1 aliphatic heterocycles. The second kappa shape index (κ2) is 10.0. The maximum atomic E-state index is 12.8. The van der Waals surface area contributed by atoms with Crippen LogP contribution in [0.25, 0.3) is 0 Å². The molecule has 1 saturated heterocycles. The summed E-state index contributed by atoms with van der Waals surface area (Å²) < 4.78 is 27.2. The Morgan fingerprint density at radius 2 is 1.58 bits per heavy atom. The fraction of sp³-hybridized carbons (Fsp3) is 0.364. The first-order valence-corrected chi connectivity index (χ1v) is 11.7. The topological polar surface area (TPSA) is 90.0 Å². The first-order valence-electron chi connectivity index (χ1n) is 10.2. The van der Waals surface area contributed by atoms with Crippen LogP contribution in [0.15, 0.2) is 59.5 Å². The number of carbonyl (C=O) groups is 2. The molecule has 9 heteroatoms. The zero-order valence-electron chi connectivity index (χ0n) is 17.8. The molecule has 0 atom stereocenters. The molecule has 0 saturated carbocycles. The van der Waals surface area contributed by atoms with Crippen molar-refractivity contribution < 1.29 is 18.0 Å². The molecule has 1 N–H and O–H groups in total. The van der Waals surface area contributed by atoms with Crippen LogP contribution >= 0.6 is 0 Å². The summed E-state index contributed by atoms with van der Waals surface area (Å²) in [4.78, 5) is 28.4. The predicted octanol–water partition coefficient (Wildman–Crippen LogP) is 1.72. The van der Waals surface area contributed by atoms with Crippen molar-refractivity contribution in [3.8, 4) is 0 Å². The fourth-order valence-corrected chi connectivity index (χ4v) is 4.86. The Hall–Kier alpha value is -2.75. The summed E-state index contributed by atoms with van der Waals surface area (Å²) in [7, 11) is -2.00. The van der Waals surface area contributed by atoms with Crippen molar-refractivity contribution in [2.75, 3.05) is 51.6 Å². The largest absolute Gasteiger partial charge is 0.332 e. The molecule has 8 nitrogen and oxygen atoms in total. The lowest BCUT2D eigenvalue weighted by atomic mass is 10.2. The van der Waals surface area contributed by atoms with E-state index in [9.17, 15) is 18.0 Å². The number of anilines is 1. The lowest BCUT2D eigenvalue weighted by Crippen LogP contribution is -2.48. The number of sulfonamides is 1. The zero-order valence-corrected chi connectivity index (χ0v) is 18.6. The van der Waals surface area contributed by atoms with E-state index in [1.807, 2.05) is 6.07 Å². The molecule has 0 aromatic heterocycles. The van der Waals surface area contributed by atoms with Gasteiger partial charge in [-0.05, 0) is 42.9 Å². The zero-order chi connectivity index (χ0) is 22.4. The maximum Gasteiger partial charge on any atom is 0.254 e. The first kappa shape index (κ1) is 22.9. The van der Waals surface area contributed by atoms with Crippen molar-refractivity contribution in [1.29, 1.82) is 0 Å². The van der Waals surface area contributed by atoms with Crippen LogP contribution in [0.2, 0.25) is 0 Å². The number of hydrogen-bond acceptors (Lipinski definition) is 5. The van der Waals surface area contributed by atoms with Gasteiger partial charge in [-0.1, -0.05) is 25.1 Å². The summed E-state index contributed by atoms with van der Waals surface area (Å²) in [5, 5.41) is 2.70. The molecule has 1 fully saturated rings. The summed E-state index contributed by atoms with van der Waals surface area (Å²) in [6.07, 6.45) is 0. The van der Waals surface area contributed by atoms with Gasteiger partial charge in [-0.2, -0.15) is 4.31 Å². The average Bonchev–Trinajstić information content (AvgIpc) is 2.79. The van der Waals surface area contributed by atoms with Crippen LogP contribution in [0, 0.1) is 0 Å². The molecule has 2 aromatic carbocycles. The van der Waals surface area contributed by atoms with Gasteiger partial charge in [0.25, 0.3) is 5.91 Å². The molecule has 0 aliphatic carbocycles. The SMILES string of the molecule is CCN1CCN(S(=O)(=O)c2ccc(NC(=O)CN(C)C(=O)c3ccccc3)cc2)CC1. The first-order chi connectivity index (χ1) is 14.8. The van der Waals surface area contributed by atoms with E-state index in [2.05, 4.69) is 17.1 Å². The summed E-state index contributed by atoms with van der Waals surface area (Å²) in [6.45, 7) is 5.24. The summed E-state index contributed by atoms with van der Waals surface area (Å²) >= 11 is 0. The summed E-state index contributed by atoms with van der Waals surface area (Å²) in [6, 6.07) is 14.8. The van der Waals surface area contributed by atoms with Crippen LogP contribution in [-0.4, -0.2) is 80.7 Å². The number of nitrogens with one attached hydrogen (secondary N) is 1. The Morgan fingerprint density at radius 1 is 0.968 bits per heavy atom. The molecule has 1 heterocycles. The van der Waals surface area contributed by atoms with E-state index in [-0.39, 0.29) is 23.3 Å². The highest BCUT2D eigenvalue weighted by Gasteiger charge is 2.28. The molecule has 2 aromatic rings. The smallest absolute Gasteiger partial charge is 0.254 e. The quantitative estimate of drug-likeness (QED) is 0.702. The number of carbonyl (C=O) groups excluding carboxylic acids is 2. The lowest BCUT2D eigenvalue weighted by Gasteiger charge is -2.33. The van der Waals surface area contributed by atoms with E-state index in [1.54, 1.807) is 43.4 Å². The van der Waals surface area contributed by atoms with Crippen molar-refractivity contribution >= 4 is 27.5 Å². The van der Waals surface area contributed by atoms with Crippen LogP contribution in [0.1, 0.15) is 17.3 Å². The minimum atomic E-state index is -3.56. The Balaban J connectivity index is 1.57. The number of rotatable bonds is 7. The maximum absolute atomic E-state index is 12.8. The molecule has 0 bridgehead atoms. The Labute approximate surface area is 183 Å². The molecule has 0 radical (unpaired) electrons. The van der Waals surface area contributed by atoms with Crippen LogP contribution in [0.4, 0.5) is 5.69 Å². The fourth-order valence-electron chi connectivity index (χ4n) is 3.43. The van der Waals surface area contributed by atoms with Crippen molar-refractivity contribution in [3.05, 3.63) is 60.2 Å². The second-order valence-corrected chi connectivity index (χ2v) is 9.38. The van der Waals surface area contributed by atoms with Gasteiger partial charge in [0.1, 0.15) is 0 Å². The van der Waals surface area contributed by atoms with Gasteiger partial charge in [-0.3, -0.25) is 9.59 Å². The minimum absolute atomic E-state index is 0.116. The van der Waals surface area contributed by atoms with E-state index in [4.69, 9.17) is 0 Å². The molecular formula is C22H28N4O4S. The Morgan fingerprint density at radius 3 is 2.16 bits per heavy atom. The second-order valence-electron chi connectivity index (χ2n) is 7.44. The predicted molar refractivity (Wildman–Crippen MR) is 119 cm³/mol. The van der Waals surface area contributed by atoms with Gasteiger partial charge in [-0.25, -0.2) is 8.42 Å². The van der Waals surface area contributed by atoms with Gasteiger partial charge in [0.15, 0.2) is 0 Å². The standard InChI is InChI=1S/C22H28N4O4S/c1-3-25-13-15-26(16-14-25)31(29,30)20-11-9-19(10-12-20)23-21(27)17-24(2)22(28)18-7-5-4-6-8-18/h4-12H,3,13-17H2,1-2H3,(H,23,27). The number of nitrogens with zero attached hydrogens (tertiary/aromatic N) is 3. The highest BCUT2D eigenvalue weighted by Crippen LogP contribution is 2.20. The average molecular weight is 445 g/mol. The van der Waals surface area contributed by atoms with Crippen LogP contribution in [-0.2, 0) is 14.8 Å². The summed E-state index contributed by atoms with van der Waals surface area (Å²) in [5.41, 5.74) is 0.979. The number of hydrogen-bond donors (Lipinski definition) is 1. The monoisotopic (exact) mass is 444 g/mol. The van der Waals surface area contributed by atoms with Gasteiger partial charge in [0.05, 0.1) is 11.4 Å². The van der Waals surface area contributed by atoms with Crippen molar-refractivity contribution in [1.82, 2.24) is 14.1 Å². The third-order valence-corrected chi connectivity index (χ3v) is 7.22. The van der Waals surface area contributed by atoms with Crippen LogP contribution in [0.3, 0.4) is 0 Å². The number of likely N-dealkylation sites (N-methyl/N-ethyl adjacent to an activating group) is 2. The van der Waals surface area contributed by atoms with Crippen LogP contribution < -0.4 is 5.32 Å². The number of piperazine rings is 1. The van der Waals surface area contributed by atoms with Gasteiger partial charge in [0.2, 0.25) is 15.9 Å². The molecular weight excluding hydrogens is 416 g/mol. The van der Waals surface area contributed by atoms with Gasteiger partial charge in [-0.15, -0.1) is 0 Å².